The van der Waals surface area contributed by atoms with E-state index in [9.17, 15) is 9.18 Å². The molecular weight excluding hydrogens is 271 g/mol. The summed E-state index contributed by atoms with van der Waals surface area (Å²) >= 11 is 0. The van der Waals surface area contributed by atoms with Crippen molar-refractivity contribution in [3.8, 4) is 11.5 Å². The van der Waals surface area contributed by atoms with E-state index >= 15 is 0 Å². The number of carbonyl (C=O) groups excluding carboxylic acids is 1. The van der Waals surface area contributed by atoms with Gasteiger partial charge in [0.25, 0.3) is 0 Å². The Hall–Kier alpha value is -2.62. The number of methoxy groups -OCH3 is 2. The Morgan fingerprint density at radius 3 is 1.86 bits per heavy atom. The Bertz CT molecular complexity index is 643. The van der Waals surface area contributed by atoms with Crippen LogP contribution >= 0.6 is 0 Å². The van der Waals surface area contributed by atoms with Crippen LogP contribution in [0.2, 0.25) is 0 Å². The minimum absolute atomic E-state index is 0.276. The van der Waals surface area contributed by atoms with Crippen molar-refractivity contribution in [3.63, 3.8) is 0 Å². The van der Waals surface area contributed by atoms with Gasteiger partial charge in [0, 0.05) is 5.56 Å². The van der Waals surface area contributed by atoms with E-state index < -0.39 is 11.6 Å². The smallest absolute Gasteiger partial charge is 0.221 e. The van der Waals surface area contributed by atoms with Gasteiger partial charge in [0.1, 0.15) is 11.5 Å². The van der Waals surface area contributed by atoms with Crippen molar-refractivity contribution < 1.29 is 18.7 Å². The van der Waals surface area contributed by atoms with Gasteiger partial charge in [0.2, 0.25) is 5.78 Å². The van der Waals surface area contributed by atoms with Gasteiger partial charge >= 0.3 is 0 Å². The van der Waals surface area contributed by atoms with Crippen LogP contribution in [0.3, 0.4) is 0 Å². The summed E-state index contributed by atoms with van der Waals surface area (Å²) in [7, 11) is 3.08. The highest BCUT2D eigenvalue weighted by Crippen LogP contribution is 2.18. The minimum atomic E-state index is -0.815. The van der Waals surface area contributed by atoms with Gasteiger partial charge in [0.15, 0.2) is 5.83 Å². The van der Waals surface area contributed by atoms with Crippen LogP contribution < -0.4 is 9.47 Å². The molecule has 2 aromatic rings. The lowest BCUT2D eigenvalue weighted by atomic mass is 10.1. The van der Waals surface area contributed by atoms with Crippen LogP contribution in [0.4, 0.5) is 4.39 Å². The van der Waals surface area contributed by atoms with Crippen molar-refractivity contribution in [3.05, 3.63) is 65.5 Å². The number of hydrogen-bond acceptors (Lipinski definition) is 3. The zero-order chi connectivity index (χ0) is 15.2. The molecule has 0 heterocycles. The number of hydrogen-bond donors (Lipinski definition) is 0. The van der Waals surface area contributed by atoms with Gasteiger partial charge in [-0.25, -0.2) is 4.39 Å². The summed E-state index contributed by atoms with van der Waals surface area (Å²) < 4.78 is 24.0. The summed E-state index contributed by atoms with van der Waals surface area (Å²) in [6.07, 6.45) is 1.20. The van der Waals surface area contributed by atoms with Gasteiger partial charge in [0.05, 0.1) is 14.2 Å². The van der Waals surface area contributed by atoms with Crippen molar-refractivity contribution in [2.45, 2.75) is 0 Å². The van der Waals surface area contributed by atoms with E-state index in [1.807, 2.05) is 0 Å². The van der Waals surface area contributed by atoms with Crippen molar-refractivity contribution in [2.24, 2.45) is 0 Å². The zero-order valence-corrected chi connectivity index (χ0v) is 11.8. The van der Waals surface area contributed by atoms with Gasteiger partial charge in [-0.2, -0.15) is 0 Å². The second-order valence-electron chi connectivity index (χ2n) is 4.32. The standard InChI is InChI=1S/C17H15FO3/c1-20-14-7-3-12(4-8-14)11-16(18)17(19)13-5-9-15(21-2)10-6-13/h3-11H,1-2H3. The number of allylic oxidation sites excluding steroid dienone is 1. The fraction of sp³-hybridized carbons (Fsp3) is 0.118. The molecule has 108 valence electrons. The Balaban J connectivity index is 2.18. The molecule has 0 aliphatic heterocycles. The molecule has 0 unspecified atom stereocenters. The van der Waals surface area contributed by atoms with Crippen LogP contribution in [0.5, 0.6) is 11.5 Å². The zero-order valence-electron chi connectivity index (χ0n) is 11.8. The number of rotatable bonds is 5. The Kier molecular flexibility index (Phi) is 4.72. The number of ether oxygens (including phenoxy) is 2. The normalized spacial score (nSPS) is 11.1. The number of Topliss-reactive ketones (excluding diaryl/α,β-unsaturated/α-hetero) is 1. The molecule has 0 aliphatic carbocycles. The maximum atomic E-state index is 14.0. The lowest BCUT2D eigenvalue weighted by Crippen LogP contribution is -1.99. The Labute approximate surface area is 122 Å². The first-order valence-corrected chi connectivity index (χ1v) is 6.34. The van der Waals surface area contributed by atoms with Crippen LogP contribution in [0, 0.1) is 0 Å². The first-order valence-electron chi connectivity index (χ1n) is 6.34. The van der Waals surface area contributed by atoms with E-state index in [1.165, 1.54) is 25.3 Å². The molecule has 0 aliphatic rings. The molecule has 21 heavy (non-hydrogen) atoms. The van der Waals surface area contributed by atoms with E-state index in [2.05, 4.69) is 0 Å². The summed E-state index contributed by atoms with van der Waals surface area (Å²) in [5, 5.41) is 0. The van der Waals surface area contributed by atoms with Crippen molar-refractivity contribution >= 4 is 11.9 Å². The molecule has 0 amide bonds. The Morgan fingerprint density at radius 2 is 1.38 bits per heavy atom. The fourth-order valence-corrected chi connectivity index (χ4v) is 1.79. The number of ketones is 1. The maximum absolute atomic E-state index is 14.0. The second-order valence-corrected chi connectivity index (χ2v) is 4.32. The predicted octanol–water partition coefficient (Wildman–Crippen LogP) is 3.90. The van der Waals surface area contributed by atoms with E-state index in [4.69, 9.17) is 9.47 Å². The van der Waals surface area contributed by atoms with E-state index in [0.29, 0.717) is 17.1 Å². The number of carbonyl (C=O) groups is 1. The summed E-state index contributed by atoms with van der Waals surface area (Å²) in [4.78, 5) is 12.0. The molecule has 0 saturated heterocycles. The molecule has 0 saturated carbocycles. The molecule has 4 heteroatoms. The largest absolute Gasteiger partial charge is 0.497 e. The molecule has 0 aromatic heterocycles. The third-order valence-electron chi connectivity index (χ3n) is 2.98. The third-order valence-corrected chi connectivity index (χ3v) is 2.98. The summed E-state index contributed by atoms with van der Waals surface area (Å²) in [6.45, 7) is 0. The summed E-state index contributed by atoms with van der Waals surface area (Å²) in [5.74, 6) is -0.182. The molecule has 2 rings (SSSR count). The van der Waals surface area contributed by atoms with Crippen LogP contribution in [0.15, 0.2) is 54.4 Å². The molecule has 0 radical (unpaired) electrons. The van der Waals surface area contributed by atoms with Gasteiger partial charge in [-0.05, 0) is 48.0 Å². The summed E-state index contributed by atoms with van der Waals surface area (Å²) in [6, 6.07) is 13.1. The average Bonchev–Trinajstić information content (AvgIpc) is 2.55. The third kappa shape index (κ3) is 3.69. The van der Waals surface area contributed by atoms with Crippen molar-refractivity contribution in [1.29, 1.82) is 0 Å². The number of benzene rings is 2. The van der Waals surface area contributed by atoms with Crippen LogP contribution in [0.25, 0.3) is 6.08 Å². The molecule has 0 N–H and O–H groups in total. The lowest BCUT2D eigenvalue weighted by Gasteiger charge is -2.02. The van der Waals surface area contributed by atoms with E-state index in [1.54, 1.807) is 43.5 Å². The van der Waals surface area contributed by atoms with Crippen LogP contribution in [-0.4, -0.2) is 20.0 Å². The Morgan fingerprint density at radius 1 is 0.905 bits per heavy atom. The minimum Gasteiger partial charge on any atom is -0.497 e. The maximum Gasteiger partial charge on any atom is 0.221 e. The van der Waals surface area contributed by atoms with Crippen LogP contribution in [-0.2, 0) is 0 Å². The highest BCUT2D eigenvalue weighted by atomic mass is 19.1. The first kappa shape index (κ1) is 14.8. The van der Waals surface area contributed by atoms with Crippen molar-refractivity contribution in [1.82, 2.24) is 0 Å². The van der Waals surface area contributed by atoms with Gasteiger partial charge in [-0.1, -0.05) is 12.1 Å². The SMILES string of the molecule is COc1ccc(C=C(F)C(=O)c2ccc(OC)cc2)cc1. The highest BCUT2D eigenvalue weighted by molar-refractivity contribution is 6.09. The molecule has 3 nitrogen and oxygen atoms in total. The van der Waals surface area contributed by atoms with Gasteiger partial charge in [-0.3, -0.25) is 4.79 Å². The molecular formula is C17H15FO3. The highest BCUT2D eigenvalue weighted by Gasteiger charge is 2.12. The van der Waals surface area contributed by atoms with Gasteiger partial charge < -0.3 is 9.47 Å². The lowest BCUT2D eigenvalue weighted by molar-refractivity contribution is 0.101. The molecule has 0 atom stereocenters. The molecule has 2 aromatic carbocycles. The topological polar surface area (TPSA) is 35.5 Å². The van der Waals surface area contributed by atoms with Crippen molar-refractivity contribution in [2.75, 3.05) is 14.2 Å². The summed E-state index contributed by atoms with van der Waals surface area (Å²) in [5.41, 5.74) is 0.869. The van der Waals surface area contributed by atoms with Crippen LogP contribution in [0.1, 0.15) is 15.9 Å². The second kappa shape index (κ2) is 6.70. The molecule has 0 fully saturated rings. The van der Waals surface area contributed by atoms with E-state index in [0.717, 1.165) is 0 Å². The quantitative estimate of drug-likeness (QED) is 0.617. The fourth-order valence-electron chi connectivity index (χ4n) is 1.79. The predicted molar refractivity (Wildman–Crippen MR) is 79.4 cm³/mol. The molecule has 0 spiro atoms. The first-order chi connectivity index (χ1) is 10.1. The molecule has 0 bridgehead atoms. The average molecular weight is 286 g/mol. The monoisotopic (exact) mass is 286 g/mol. The van der Waals surface area contributed by atoms with E-state index in [-0.39, 0.29) is 5.56 Å². The van der Waals surface area contributed by atoms with Gasteiger partial charge in [-0.15, -0.1) is 0 Å². The number of halogens is 1.